The lowest BCUT2D eigenvalue weighted by Crippen LogP contribution is -2.07. The van der Waals surface area contributed by atoms with E-state index in [-0.39, 0.29) is 6.10 Å². The molecule has 1 aromatic heterocycles. The molecule has 24 heavy (non-hydrogen) atoms. The molecule has 6 heteroatoms. The van der Waals surface area contributed by atoms with Crippen LogP contribution in [0.4, 0.5) is 0 Å². The molecule has 0 aliphatic heterocycles. The highest BCUT2D eigenvalue weighted by atomic mass is 79.9. The van der Waals surface area contributed by atoms with E-state index in [1.165, 1.54) is 0 Å². The predicted molar refractivity (Wildman–Crippen MR) is 96.8 cm³/mol. The summed E-state index contributed by atoms with van der Waals surface area (Å²) in [6, 6.07) is 17.1. The van der Waals surface area contributed by atoms with Gasteiger partial charge in [0.15, 0.2) is 0 Å². The van der Waals surface area contributed by atoms with Crippen LogP contribution in [0.15, 0.2) is 59.1 Å². The molecule has 4 nitrogen and oxygen atoms in total. The summed E-state index contributed by atoms with van der Waals surface area (Å²) < 4.78 is 6.18. The van der Waals surface area contributed by atoms with Crippen molar-refractivity contribution in [2.45, 2.75) is 12.5 Å². The molecule has 3 aromatic rings. The molecular formula is C18H14BrClN2O2. The maximum atomic E-state index is 10.9. The van der Waals surface area contributed by atoms with Crippen LogP contribution in [0.25, 0.3) is 11.3 Å². The van der Waals surface area contributed by atoms with Gasteiger partial charge in [-0.2, -0.15) is 5.10 Å². The van der Waals surface area contributed by atoms with Crippen molar-refractivity contribution in [3.05, 3.63) is 75.4 Å². The summed E-state index contributed by atoms with van der Waals surface area (Å²) in [4.78, 5) is 10.9. The van der Waals surface area contributed by atoms with Crippen molar-refractivity contribution in [3.63, 3.8) is 0 Å². The number of ether oxygens (including phenoxy) is 1. The Kier molecular flexibility index (Phi) is 5.33. The summed E-state index contributed by atoms with van der Waals surface area (Å²) in [6.45, 7) is 0.472. The highest BCUT2D eigenvalue weighted by Crippen LogP contribution is 2.26. The van der Waals surface area contributed by atoms with E-state index >= 15 is 0 Å². The number of halogens is 2. The van der Waals surface area contributed by atoms with Gasteiger partial charge in [-0.15, -0.1) is 0 Å². The normalized spacial score (nSPS) is 11.9. The summed E-state index contributed by atoms with van der Waals surface area (Å²) in [5.74, 6) is 0. The van der Waals surface area contributed by atoms with Gasteiger partial charge in [-0.25, -0.2) is 0 Å². The predicted octanol–water partition coefficient (Wildman–Crippen LogP) is 4.95. The zero-order chi connectivity index (χ0) is 16.9. The molecular weight excluding hydrogens is 392 g/mol. The lowest BCUT2D eigenvalue weighted by molar-refractivity contribution is -0.133. The molecule has 122 valence electrons. The Morgan fingerprint density at radius 3 is 2.79 bits per heavy atom. The zero-order valence-corrected chi connectivity index (χ0v) is 14.9. The summed E-state index contributed by atoms with van der Waals surface area (Å²) in [7, 11) is 0. The molecule has 3 rings (SSSR count). The van der Waals surface area contributed by atoms with Gasteiger partial charge in [0.25, 0.3) is 6.47 Å². The number of nitrogens with zero attached hydrogens (tertiary/aromatic N) is 1. The summed E-state index contributed by atoms with van der Waals surface area (Å²) in [5.41, 5.74) is 3.51. The molecule has 0 radical (unpaired) electrons. The van der Waals surface area contributed by atoms with E-state index in [4.69, 9.17) is 16.3 Å². The Balaban J connectivity index is 1.82. The lowest BCUT2D eigenvalue weighted by Gasteiger charge is -2.14. The first-order valence-corrected chi connectivity index (χ1v) is 8.47. The number of hydrogen-bond donors (Lipinski definition) is 1. The minimum absolute atomic E-state index is 0.382. The van der Waals surface area contributed by atoms with Gasteiger partial charge in [0.2, 0.25) is 0 Å². The third kappa shape index (κ3) is 4.04. The molecule has 1 heterocycles. The average Bonchev–Trinajstić information content (AvgIpc) is 3.03. The SMILES string of the molecule is O=COC(Cc1cc(-c2cccc(Cl)c2)n[nH]1)c1cccc(Br)c1. The molecule has 1 atom stereocenters. The van der Waals surface area contributed by atoms with E-state index in [1.807, 2.05) is 54.6 Å². The van der Waals surface area contributed by atoms with Crippen molar-refractivity contribution in [2.75, 3.05) is 0 Å². The first-order valence-electron chi connectivity index (χ1n) is 7.30. The van der Waals surface area contributed by atoms with E-state index in [0.717, 1.165) is 27.0 Å². The molecule has 0 saturated carbocycles. The minimum atomic E-state index is -0.382. The number of aromatic amines is 1. The molecule has 0 saturated heterocycles. The fraction of sp³-hybridized carbons (Fsp3) is 0.111. The van der Waals surface area contributed by atoms with E-state index in [9.17, 15) is 4.79 Å². The van der Waals surface area contributed by atoms with Gasteiger partial charge in [-0.1, -0.05) is 51.8 Å². The van der Waals surface area contributed by atoms with Crippen molar-refractivity contribution in [1.29, 1.82) is 0 Å². The largest absolute Gasteiger partial charge is 0.459 e. The maximum Gasteiger partial charge on any atom is 0.293 e. The van der Waals surface area contributed by atoms with E-state index in [1.54, 1.807) is 0 Å². The van der Waals surface area contributed by atoms with Crippen LogP contribution in [0.3, 0.4) is 0 Å². The highest BCUT2D eigenvalue weighted by Gasteiger charge is 2.16. The smallest absolute Gasteiger partial charge is 0.293 e. The number of benzene rings is 2. The van der Waals surface area contributed by atoms with Crippen LogP contribution in [-0.2, 0) is 16.0 Å². The van der Waals surface area contributed by atoms with Gasteiger partial charge in [-0.3, -0.25) is 9.89 Å². The monoisotopic (exact) mass is 404 g/mol. The minimum Gasteiger partial charge on any atom is -0.459 e. The molecule has 0 amide bonds. The first kappa shape index (κ1) is 16.7. The fourth-order valence-corrected chi connectivity index (χ4v) is 3.09. The van der Waals surface area contributed by atoms with Gasteiger partial charge in [-0.05, 0) is 35.9 Å². The van der Waals surface area contributed by atoms with Crippen LogP contribution < -0.4 is 0 Å². The number of rotatable bonds is 6. The Bertz CT molecular complexity index is 850. The van der Waals surface area contributed by atoms with Crippen molar-refractivity contribution in [1.82, 2.24) is 10.2 Å². The van der Waals surface area contributed by atoms with E-state index in [0.29, 0.717) is 17.9 Å². The molecule has 0 spiro atoms. The third-order valence-corrected chi connectivity index (χ3v) is 4.33. The standard InChI is InChI=1S/C18H14BrClN2O2/c19-14-5-1-4-13(7-14)18(24-11-23)10-16-9-17(22-21-16)12-3-2-6-15(20)8-12/h1-9,11,18H,10H2,(H,21,22). The molecule has 0 aliphatic rings. The molecule has 0 bridgehead atoms. The Labute approximate surface area is 152 Å². The van der Waals surface area contributed by atoms with Crippen LogP contribution in [0.5, 0.6) is 0 Å². The lowest BCUT2D eigenvalue weighted by atomic mass is 10.0. The number of hydrogen-bond acceptors (Lipinski definition) is 3. The second kappa shape index (κ2) is 7.64. The van der Waals surface area contributed by atoms with Gasteiger partial charge in [0.05, 0.1) is 5.69 Å². The van der Waals surface area contributed by atoms with Crippen LogP contribution >= 0.6 is 27.5 Å². The second-order valence-electron chi connectivity index (χ2n) is 5.27. The molecule has 0 aliphatic carbocycles. The molecule has 2 aromatic carbocycles. The summed E-state index contributed by atoms with van der Waals surface area (Å²) in [5, 5.41) is 7.97. The number of carbonyl (C=O) groups is 1. The first-order chi connectivity index (χ1) is 11.7. The number of aromatic nitrogens is 2. The zero-order valence-electron chi connectivity index (χ0n) is 12.6. The molecule has 1 unspecified atom stereocenters. The van der Waals surface area contributed by atoms with Gasteiger partial charge in [0.1, 0.15) is 6.10 Å². The second-order valence-corrected chi connectivity index (χ2v) is 6.62. The molecule has 0 fully saturated rings. The van der Waals surface area contributed by atoms with Crippen molar-refractivity contribution < 1.29 is 9.53 Å². The third-order valence-electron chi connectivity index (χ3n) is 3.60. The summed E-state index contributed by atoms with van der Waals surface area (Å²) in [6.07, 6.45) is 0.121. The average molecular weight is 406 g/mol. The Morgan fingerprint density at radius 2 is 2.04 bits per heavy atom. The van der Waals surface area contributed by atoms with Crippen LogP contribution in [0.2, 0.25) is 5.02 Å². The quantitative estimate of drug-likeness (QED) is 0.590. The number of carbonyl (C=O) groups excluding carboxylic acids is 1. The van der Waals surface area contributed by atoms with Crippen molar-refractivity contribution in [3.8, 4) is 11.3 Å². The van der Waals surface area contributed by atoms with E-state index < -0.39 is 0 Å². The number of H-pyrrole nitrogens is 1. The molecule has 1 N–H and O–H groups in total. The summed E-state index contributed by atoms with van der Waals surface area (Å²) >= 11 is 9.45. The van der Waals surface area contributed by atoms with Crippen LogP contribution in [0, 0.1) is 0 Å². The van der Waals surface area contributed by atoms with Crippen molar-refractivity contribution in [2.24, 2.45) is 0 Å². The topological polar surface area (TPSA) is 55.0 Å². The van der Waals surface area contributed by atoms with Gasteiger partial charge in [0, 0.05) is 27.2 Å². The van der Waals surface area contributed by atoms with Crippen LogP contribution in [0.1, 0.15) is 17.4 Å². The van der Waals surface area contributed by atoms with Gasteiger partial charge >= 0.3 is 0 Å². The number of nitrogens with one attached hydrogen (secondary N) is 1. The van der Waals surface area contributed by atoms with E-state index in [2.05, 4.69) is 26.1 Å². The Morgan fingerprint density at radius 1 is 1.21 bits per heavy atom. The Hall–Kier alpha value is -2.11. The highest BCUT2D eigenvalue weighted by molar-refractivity contribution is 9.10. The van der Waals surface area contributed by atoms with Gasteiger partial charge < -0.3 is 4.74 Å². The maximum absolute atomic E-state index is 10.9. The van der Waals surface area contributed by atoms with Crippen LogP contribution in [-0.4, -0.2) is 16.7 Å². The fourth-order valence-electron chi connectivity index (χ4n) is 2.48. The van der Waals surface area contributed by atoms with Crippen molar-refractivity contribution >= 4 is 34.0 Å².